The molecular formula is C63H67N4OPt-3. The molecule has 9 rings (SSSR count). The van der Waals surface area contributed by atoms with E-state index in [1.54, 1.807) is 0 Å². The van der Waals surface area contributed by atoms with E-state index in [0.717, 1.165) is 44.9 Å². The molecule has 69 heavy (non-hydrogen) atoms. The standard InChI is InChI=1S/C63H67N4O.Pt/c1-59(2,3)45-25-28-55-54(36-45)53-27-26-51(39-56(53)67(55)58-37-46(29-30-64-58)60(4,5)6)68-52-35-48(62(10,11)12)34-50(38-52)66-41-65(40-57(66)63(13,14)44-23-19-16-20-24-44)49-32-43(42-21-17-15-18-22-42)31-47(33-49)61(7,8)9;/h15-37,40-41H,1-14H3;/q-3;. The molecule has 8 aromatic rings. The molecule has 0 fully saturated rings. The Morgan fingerprint density at radius 2 is 1.13 bits per heavy atom. The van der Waals surface area contributed by atoms with E-state index in [-0.39, 0.29) is 48.1 Å². The number of hydrogen-bond acceptors (Lipinski definition) is 4. The third-order valence-corrected chi connectivity index (χ3v) is 13.6. The molecule has 6 aromatic carbocycles. The first kappa shape index (κ1) is 49.5. The molecule has 5 nitrogen and oxygen atoms in total. The summed E-state index contributed by atoms with van der Waals surface area (Å²) in [5.41, 5.74) is 12.9. The van der Waals surface area contributed by atoms with Gasteiger partial charge in [0.25, 0.3) is 0 Å². The van der Waals surface area contributed by atoms with Crippen LogP contribution >= 0.6 is 0 Å². The summed E-state index contributed by atoms with van der Waals surface area (Å²) < 4.78 is 9.23. The zero-order valence-electron chi connectivity index (χ0n) is 42.9. The summed E-state index contributed by atoms with van der Waals surface area (Å²) in [6.45, 7) is 34.0. The van der Waals surface area contributed by atoms with Gasteiger partial charge < -0.3 is 19.1 Å². The number of allylic oxidation sites excluding steroid dienone is 1. The molecule has 0 saturated heterocycles. The quantitative estimate of drug-likeness (QED) is 0.142. The Labute approximate surface area is 426 Å². The molecule has 0 radical (unpaired) electrons. The van der Waals surface area contributed by atoms with Crippen molar-refractivity contribution in [2.45, 2.75) is 124 Å². The third-order valence-electron chi connectivity index (χ3n) is 13.6. The Bertz CT molecular complexity index is 3190. The number of nitrogens with zero attached hydrogens (tertiary/aromatic N) is 4. The van der Waals surface area contributed by atoms with Crippen molar-refractivity contribution in [1.29, 1.82) is 0 Å². The molecular weight excluding hydrogens is 1020 g/mol. The van der Waals surface area contributed by atoms with Gasteiger partial charge in [0, 0.05) is 61.1 Å². The van der Waals surface area contributed by atoms with Gasteiger partial charge in [0.1, 0.15) is 5.82 Å². The summed E-state index contributed by atoms with van der Waals surface area (Å²) >= 11 is 0. The Balaban J connectivity index is 0.00000642. The first-order chi connectivity index (χ1) is 31.9. The zero-order valence-corrected chi connectivity index (χ0v) is 45.2. The maximum atomic E-state index is 6.98. The summed E-state index contributed by atoms with van der Waals surface area (Å²) in [6.07, 6.45) is 4.23. The molecule has 0 N–H and O–H groups in total. The second kappa shape index (κ2) is 18.1. The molecule has 0 amide bonds. The van der Waals surface area contributed by atoms with E-state index in [9.17, 15) is 0 Å². The number of ether oxygens (including phenoxy) is 1. The maximum absolute atomic E-state index is 6.98. The summed E-state index contributed by atoms with van der Waals surface area (Å²) in [5, 5.41) is 2.27. The van der Waals surface area contributed by atoms with Gasteiger partial charge in [-0.2, -0.15) is 6.07 Å². The number of pyridine rings is 1. The molecule has 3 heterocycles. The van der Waals surface area contributed by atoms with Crippen LogP contribution in [0, 0.1) is 18.8 Å². The molecule has 0 aliphatic carbocycles. The number of rotatable bonds is 8. The molecule has 1 aliphatic heterocycles. The number of fused-ring (bicyclic) bond motifs is 3. The van der Waals surface area contributed by atoms with Crippen molar-refractivity contribution in [3.8, 4) is 28.4 Å². The Hall–Kier alpha value is -5.90. The first-order valence-corrected chi connectivity index (χ1v) is 24.1. The number of hydrogen-bond donors (Lipinski definition) is 0. The third kappa shape index (κ3) is 9.96. The van der Waals surface area contributed by atoms with Gasteiger partial charge in [-0.1, -0.05) is 181 Å². The predicted octanol–water partition coefficient (Wildman–Crippen LogP) is 16.7. The van der Waals surface area contributed by atoms with Crippen molar-refractivity contribution >= 4 is 33.2 Å². The van der Waals surface area contributed by atoms with Crippen LogP contribution in [0.4, 0.5) is 11.4 Å². The van der Waals surface area contributed by atoms with Gasteiger partial charge in [-0.15, -0.1) is 53.6 Å². The van der Waals surface area contributed by atoms with Gasteiger partial charge in [0.2, 0.25) is 0 Å². The minimum Gasteiger partial charge on any atom is -0.509 e. The molecule has 2 aromatic heterocycles. The monoisotopic (exact) mass is 1090 g/mol. The van der Waals surface area contributed by atoms with Crippen LogP contribution in [-0.4, -0.2) is 9.55 Å². The van der Waals surface area contributed by atoms with Crippen LogP contribution in [0.25, 0.3) is 38.8 Å². The first-order valence-electron chi connectivity index (χ1n) is 24.1. The fourth-order valence-corrected chi connectivity index (χ4v) is 9.16. The van der Waals surface area contributed by atoms with E-state index in [1.807, 2.05) is 12.3 Å². The van der Waals surface area contributed by atoms with E-state index < -0.39 is 0 Å². The predicted molar refractivity (Wildman–Crippen MR) is 286 cm³/mol. The van der Waals surface area contributed by atoms with Crippen molar-refractivity contribution in [3.05, 3.63) is 198 Å². The van der Waals surface area contributed by atoms with Crippen molar-refractivity contribution in [3.63, 3.8) is 0 Å². The van der Waals surface area contributed by atoms with Crippen LogP contribution in [0.1, 0.15) is 125 Å². The van der Waals surface area contributed by atoms with Crippen LogP contribution in [0.15, 0.2) is 152 Å². The largest absolute Gasteiger partial charge is 0.509 e. The second-order valence-corrected chi connectivity index (χ2v) is 23.3. The molecule has 0 saturated carbocycles. The Morgan fingerprint density at radius 1 is 0.507 bits per heavy atom. The summed E-state index contributed by atoms with van der Waals surface area (Å²) in [6, 6.07) is 55.8. The van der Waals surface area contributed by atoms with E-state index in [2.05, 4.69) is 264 Å². The second-order valence-electron chi connectivity index (χ2n) is 23.3. The van der Waals surface area contributed by atoms with E-state index in [4.69, 9.17) is 9.72 Å². The smallest absolute Gasteiger partial charge is 0.135 e. The Kier molecular flexibility index (Phi) is 13.0. The van der Waals surface area contributed by atoms with Crippen LogP contribution in [0.3, 0.4) is 0 Å². The normalized spacial score (nSPS) is 13.8. The SMILES string of the molecule is CC(C)(C)c1cc(Oc2[c-]c3c(cc2)c2cc(C(C)(C)C)ccc2n3-c2cc(C(C)(C)C)ccn2)[c-]c(N2[CH-]N(c3cc(-c4ccccc4)cc(C(C)(C)C)c3)C=C2C(C)(C)c2ccccc2)c1.[Pt]. The minimum absolute atomic E-state index is 0. The summed E-state index contributed by atoms with van der Waals surface area (Å²) in [7, 11) is 0. The van der Waals surface area contributed by atoms with Gasteiger partial charge >= 0.3 is 0 Å². The number of aromatic nitrogens is 2. The van der Waals surface area contributed by atoms with Gasteiger partial charge in [0.05, 0.1) is 0 Å². The van der Waals surface area contributed by atoms with Gasteiger partial charge in [-0.05, 0) is 97.0 Å². The average molecular weight is 1090 g/mol. The maximum Gasteiger partial charge on any atom is 0.135 e. The Morgan fingerprint density at radius 3 is 1.78 bits per heavy atom. The van der Waals surface area contributed by atoms with E-state index >= 15 is 0 Å². The van der Waals surface area contributed by atoms with Crippen LogP contribution in [0.5, 0.6) is 11.5 Å². The van der Waals surface area contributed by atoms with Gasteiger partial charge in [-0.25, -0.2) is 4.98 Å². The number of benzene rings is 6. The van der Waals surface area contributed by atoms with Crippen molar-refractivity contribution < 1.29 is 25.8 Å². The van der Waals surface area contributed by atoms with Crippen molar-refractivity contribution in [2.75, 3.05) is 9.80 Å². The van der Waals surface area contributed by atoms with E-state index in [0.29, 0.717) is 11.5 Å². The average Bonchev–Trinajstić information content (AvgIpc) is 3.89. The van der Waals surface area contributed by atoms with Gasteiger partial charge in [0.15, 0.2) is 0 Å². The molecule has 0 atom stereocenters. The molecule has 358 valence electrons. The molecule has 0 bridgehead atoms. The minimum atomic E-state index is -0.388. The summed E-state index contributed by atoms with van der Waals surface area (Å²) in [4.78, 5) is 9.56. The van der Waals surface area contributed by atoms with Crippen LogP contribution < -0.4 is 14.5 Å². The topological polar surface area (TPSA) is 33.5 Å². The molecule has 0 spiro atoms. The number of anilines is 2. The molecule has 6 heteroatoms. The van der Waals surface area contributed by atoms with Crippen molar-refractivity contribution in [1.82, 2.24) is 9.55 Å². The zero-order chi connectivity index (χ0) is 48.6. The van der Waals surface area contributed by atoms with E-state index in [1.165, 1.54) is 38.8 Å². The summed E-state index contributed by atoms with van der Waals surface area (Å²) in [5.74, 6) is 2.09. The van der Waals surface area contributed by atoms with Gasteiger partial charge in [-0.3, -0.25) is 0 Å². The van der Waals surface area contributed by atoms with Crippen LogP contribution in [0.2, 0.25) is 0 Å². The van der Waals surface area contributed by atoms with Crippen molar-refractivity contribution in [2.24, 2.45) is 0 Å². The molecule has 0 unspecified atom stereocenters. The van der Waals surface area contributed by atoms with Crippen LogP contribution in [-0.2, 0) is 48.1 Å². The fraction of sp³-hybridized carbons (Fsp3) is 0.302. The fourth-order valence-electron chi connectivity index (χ4n) is 9.16. The molecule has 1 aliphatic rings.